The lowest BCUT2D eigenvalue weighted by molar-refractivity contribution is -0.205. The molecule has 4 rings (SSSR count). The summed E-state index contributed by atoms with van der Waals surface area (Å²) in [4.78, 5) is 4.05. The van der Waals surface area contributed by atoms with Crippen LogP contribution in [0.4, 0.5) is 5.13 Å². The van der Waals surface area contributed by atoms with E-state index in [4.69, 9.17) is 9.15 Å². The normalized spacial score (nSPS) is 26.6. The Kier molecular flexibility index (Phi) is 6.52. The van der Waals surface area contributed by atoms with Crippen molar-refractivity contribution >= 4 is 28.2 Å². The molecule has 3 aromatic heterocycles. The van der Waals surface area contributed by atoms with Gasteiger partial charge in [0.25, 0.3) is 5.22 Å². The number of nitrogens with zero attached hydrogens (tertiary/aromatic N) is 5. The van der Waals surface area contributed by atoms with E-state index in [1.54, 1.807) is 12.4 Å². The van der Waals surface area contributed by atoms with Crippen LogP contribution in [0.15, 0.2) is 34.2 Å². The summed E-state index contributed by atoms with van der Waals surface area (Å²) < 4.78 is 10.9. The number of rotatable bonds is 7. The van der Waals surface area contributed by atoms with Gasteiger partial charge in [0.15, 0.2) is 5.01 Å². The third kappa shape index (κ3) is 4.59. The summed E-state index contributed by atoms with van der Waals surface area (Å²) in [5.41, 5.74) is -0.133. The van der Waals surface area contributed by atoms with Gasteiger partial charge in [0.1, 0.15) is 29.9 Å². The van der Waals surface area contributed by atoms with Gasteiger partial charge in [-0.1, -0.05) is 11.3 Å². The molecular formula is C16H18N6O6S2. The molecule has 0 radical (unpaired) electrons. The largest absolute Gasteiger partial charge is 0.414 e. The molecular weight excluding hydrogens is 436 g/mol. The Hall–Kier alpha value is -2.20. The van der Waals surface area contributed by atoms with Crippen molar-refractivity contribution in [3.63, 3.8) is 0 Å². The molecule has 0 bridgehead atoms. The minimum absolute atomic E-state index is 0.101. The fourth-order valence-electron chi connectivity index (χ4n) is 2.67. The topological polar surface area (TPSA) is 180 Å². The highest BCUT2D eigenvalue weighted by atomic mass is 32.2. The number of aliphatic hydroxyl groups is 4. The van der Waals surface area contributed by atoms with Gasteiger partial charge in [0, 0.05) is 18.0 Å². The summed E-state index contributed by atoms with van der Waals surface area (Å²) in [6.07, 6.45) is -1.91. The van der Waals surface area contributed by atoms with E-state index >= 15 is 0 Å². The zero-order chi connectivity index (χ0) is 21.1. The molecule has 160 valence electrons. The first-order valence-electron chi connectivity index (χ1n) is 8.82. The van der Waals surface area contributed by atoms with Crippen LogP contribution < -0.4 is 5.32 Å². The van der Waals surface area contributed by atoms with Crippen molar-refractivity contribution in [3.8, 4) is 10.6 Å². The van der Waals surface area contributed by atoms with Crippen molar-refractivity contribution in [1.82, 2.24) is 25.4 Å². The van der Waals surface area contributed by atoms with Crippen LogP contribution in [0.2, 0.25) is 0 Å². The van der Waals surface area contributed by atoms with Gasteiger partial charge in [-0.3, -0.25) is 4.98 Å². The summed E-state index contributed by atoms with van der Waals surface area (Å²) in [6.45, 7) is -0.312. The number of nitrogens with one attached hydrogen (secondary N) is 1. The van der Waals surface area contributed by atoms with Crippen LogP contribution in [-0.4, -0.2) is 82.3 Å². The molecule has 5 atom stereocenters. The second-order valence-corrected chi connectivity index (χ2v) is 8.31. The maximum atomic E-state index is 10.1. The van der Waals surface area contributed by atoms with Crippen molar-refractivity contribution in [2.45, 2.75) is 41.6 Å². The molecule has 30 heavy (non-hydrogen) atoms. The predicted octanol–water partition coefficient (Wildman–Crippen LogP) is -0.513. The first kappa shape index (κ1) is 21.0. The highest BCUT2D eigenvalue weighted by molar-refractivity contribution is 7.99. The van der Waals surface area contributed by atoms with Gasteiger partial charge in [-0.15, -0.1) is 20.4 Å². The molecule has 0 aromatic carbocycles. The number of ether oxygens (including phenoxy) is 1. The van der Waals surface area contributed by atoms with Gasteiger partial charge >= 0.3 is 0 Å². The van der Waals surface area contributed by atoms with E-state index in [-0.39, 0.29) is 17.7 Å². The fraction of sp³-hybridized carbons (Fsp3) is 0.438. The van der Waals surface area contributed by atoms with Crippen LogP contribution >= 0.6 is 23.1 Å². The molecule has 3 aromatic rings. The number of thioether (sulfide) groups is 1. The van der Waals surface area contributed by atoms with Gasteiger partial charge in [0.05, 0.1) is 13.2 Å². The minimum atomic E-state index is -1.47. The van der Waals surface area contributed by atoms with E-state index in [9.17, 15) is 20.4 Å². The molecule has 14 heteroatoms. The molecule has 1 saturated heterocycles. The van der Waals surface area contributed by atoms with Crippen molar-refractivity contribution in [2.75, 3.05) is 11.9 Å². The lowest BCUT2D eigenvalue weighted by atomic mass is 10.0. The average Bonchev–Trinajstić information content (AvgIpc) is 3.43. The summed E-state index contributed by atoms with van der Waals surface area (Å²) in [5.74, 6) is 0.264. The molecule has 0 unspecified atom stereocenters. The minimum Gasteiger partial charge on any atom is -0.414 e. The second kappa shape index (κ2) is 9.30. The van der Waals surface area contributed by atoms with Crippen LogP contribution in [0, 0.1) is 0 Å². The Balaban J connectivity index is 1.34. The van der Waals surface area contributed by atoms with E-state index in [0.29, 0.717) is 5.13 Å². The van der Waals surface area contributed by atoms with Gasteiger partial charge in [-0.25, -0.2) is 0 Å². The Morgan fingerprint density at radius 3 is 2.73 bits per heavy atom. The number of aliphatic hydroxyl groups excluding tert-OH is 4. The zero-order valence-corrected chi connectivity index (χ0v) is 16.9. The standard InChI is InChI=1S/C16H18N6O6S2/c23-6-8-10(24)11(25)12(26)14(27-8)30-16-22-19-9(28-16)5-18-15-21-20-13(29-15)7-2-1-3-17-4-7/h1-4,8,10-12,14,23-26H,5-6H2,(H,18,21)/t8-,10-,11+,12-,14+/m1/s1. The summed E-state index contributed by atoms with van der Waals surface area (Å²) in [5, 5.41) is 59.4. The first-order valence-corrected chi connectivity index (χ1v) is 10.5. The fourth-order valence-corrected chi connectivity index (χ4v) is 4.33. The molecule has 1 aliphatic heterocycles. The third-order valence-electron chi connectivity index (χ3n) is 4.24. The van der Waals surface area contributed by atoms with Crippen molar-refractivity contribution in [3.05, 3.63) is 30.4 Å². The second-order valence-electron chi connectivity index (χ2n) is 6.28. The van der Waals surface area contributed by atoms with E-state index < -0.39 is 36.5 Å². The molecule has 0 amide bonds. The van der Waals surface area contributed by atoms with Gasteiger partial charge in [-0.05, 0) is 23.9 Å². The van der Waals surface area contributed by atoms with Crippen LogP contribution in [0.1, 0.15) is 5.89 Å². The molecule has 0 saturated carbocycles. The first-order chi connectivity index (χ1) is 14.5. The lowest BCUT2D eigenvalue weighted by Gasteiger charge is -2.38. The van der Waals surface area contributed by atoms with Gasteiger partial charge in [-0.2, -0.15) is 0 Å². The number of anilines is 1. The van der Waals surface area contributed by atoms with Crippen molar-refractivity contribution < 1.29 is 29.6 Å². The molecule has 0 aliphatic carbocycles. The molecule has 4 heterocycles. The molecule has 1 aliphatic rings. The summed E-state index contributed by atoms with van der Waals surface area (Å²) >= 11 is 2.23. The zero-order valence-electron chi connectivity index (χ0n) is 15.3. The molecule has 12 nitrogen and oxygen atoms in total. The number of aromatic nitrogens is 5. The Bertz CT molecular complexity index is 957. The van der Waals surface area contributed by atoms with Crippen molar-refractivity contribution in [2.24, 2.45) is 0 Å². The Morgan fingerprint density at radius 2 is 1.97 bits per heavy atom. The van der Waals surface area contributed by atoms with Crippen molar-refractivity contribution in [1.29, 1.82) is 0 Å². The van der Waals surface area contributed by atoms with E-state index in [2.05, 4.69) is 30.7 Å². The van der Waals surface area contributed by atoms with Crippen LogP contribution in [0.5, 0.6) is 0 Å². The molecule has 0 spiro atoms. The molecule has 5 N–H and O–H groups in total. The quantitative estimate of drug-likeness (QED) is 0.308. The van der Waals surface area contributed by atoms with Crippen LogP contribution in [0.25, 0.3) is 10.6 Å². The molecule has 1 fully saturated rings. The average molecular weight is 454 g/mol. The maximum Gasteiger partial charge on any atom is 0.279 e. The highest BCUT2D eigenvalue weighted by Crippen LogP contribution is 2.33. The van der Waals surface area contributed by atoms with E-state index in [0.717, 1.165) is 22.3 Å². The lowest BCUT2D eigenvalue weighted by Crippen LogP contribution is -2.57. The van der Waals surface area contributed by atoms with Gasteiger partial charge < -0.3 is 34.9 Å². The SMILES string of the molecule is OC[C@H]1O[C@@H](Sc2nnc(CNc3nnc(-c4cccnc4)s3)o2)[C@H](O)[C@@H](O)[C@@H]1O. The number of hydrogen-bond acceptors (Lipinski definition) is 14. The smallest absolute Gasteiger partial charge is 0.279 e. The summed E-state index contributed by atoms with van der Waals surface area (Å²) in [7, 11) is 0. The Labute approximate surface area is 178 Å². The summed E-state index contributed by atoms with van der Waals surface area (Å²) in [6, 6.07) is 3.70. The monoisotopic (exact) mass is 454 g/mol. The van der Waals surface area contributed by atoms with E-state index in [1.807, 2.05) is 12.1 Å². The Morgan fingerprint density at radius 1 is 1.10 bits per heavy atom. The van der Waals surface area contributed by atoms with Crippen LogP contribution in [-0.2, 0) is 11.3 Å². The third-order valence-corrected chi connectivity index (χ3v) is 6.16. The number of hydrogen-bond donors (Lipinski definition) is 5. The van der Waals surface area contributed by atoms with E-state index in [1.165, 1.54) is 11.3 Å². The van der Waals surface area contributed by atoms with Gasteiger partial charge in [0.2, 0.25) is 11.0 Å². The maximum absolute atomic E-state index is 10.1. The predicted molar refractivity (Wildman–Crippen MR) is 104 cm³/mol. The number of pyridine rings is 1. The van der Waals surface area contributed by atoms with Crippen LogP contribution in [0.3, 0.4) is 0 Å². The highest BCUT2D eigenvalue weighted by Gasteiger charge is 2.44.